The van der Waals surface area contributed by atoms with Crippen molar-refractivity contribution in [3.05, 3.63) is 218 Å². The number of thiophene rings is 1. The third-order valence-electron chi connectivity index (χ3n) is 11.8. The number of hydrogen-bond acceptors (Lipinski definition) is 4. The molecule has 0 saturated carbocycles. The van der Waals surface area contributed by atoms with Crippen molar-refractivity contribution >= 4 is 47.8 Å². The van der Waals surface area contributed by atoms with Crippen molar-refractivity contribution in [2.45, 2.75) is 0 Å². The highest BCUT2D eigenvalue weighted by molar-refractivity contribution is 7.25. The summed E-state index contributed by atoms with van der Waals surface area (Å²) < 4.78 is 4.74. The first kappa shape index (κ1) is 35.9. The summed E-state index contributed by atoms with van der Waals surface area (Å²) in [6, 6.07) is 77.3. The molecule has 0 unspecified atom stereocenters. The van der Waals surface area contributed by atoms with Gasteiger partial charge in [-0.3, -0.25) is 0 Å². The van der Waals surface area contributed by atoms with Crippen LogP contribution in [0, 0.1) is 0 Å². The molecule has 4 heterocycles. The summed E-state index contributed by atoms with van der Waals surface area (Å²) in [6.45, 7) is 0. The van der Waals surface area contributed by atoms with E-state index < -0.39 is 0 Å². The maximum Gasteiger partial charge on any atom is 0.160 e. The molecule has 8 aromatic carbocycles. The molecule has 0 saturated heterocycles. The lowest BCUT2D eigenvalue weighted by molar-refractivity contribution is 0.979. The van der Waals surface area contributed by atoms with Gasteiger partial charge in [0.05, 0.1) is 22.6 Å². The van der Waals surface area contributed by atoms with Gasteiger partial charge in [-0.25, -0.2) is 14.5 Å². The zero-order chi connectivity index (χ0) is 41.0. The molecule has 12 aromatic rings. The second-order valence-corrected chi connectivity index (χ2v) is 16.7. The zero-order valence-corrected chi connectivity index (χ0v) is 34.3. The highest BCUT2D eigenvalue weighted by Gasteiger charge is 2.22. The van der Waals surface area contributed by atoms with Crippen LogP contribution in [-0.4, -0.2) is 19.6 Å². The molecule has 0 aliphatic carbocycles. The number of rotatable bonds is 7. The summed E-state index contributed by atoms with van der Waals surface area (Å²) >= 11 is 1.84. The number of nitrogens with zero attached hydrogens (tertiary/aromatic N) is 4. The third-order valence-corrected chi connectivity index (χ3v) is 12.9. The molecule has 0 N–H and O–H groups in total. The molecular formula is C57H36N4S. The van der Waals surface area contributed by atoms with E-state index in [0.717, 1.165) is 83.6 Å². The van der Waals surface area contributed by atoms with Gasteiger partial charge in [-0.2, -0.15) is 5.10 Å². The van der Waals surface area contributed by atoms with Crippen molar-refractivity contribution in [3.8, 4) is 78.7 Å². The van der Waals surface area contributed by atoms with E-state index in [1.165, 1.54) is 25.7 Å². The maximum atomic E-state index is 5.45. The third kappa shape index (κ3) is 6.26. The zero-order valence-electron chi connectivity index (χ0n) is 33.5. The van der Waals surface area contributed by atoms with Crippen LogP contribution in [0.3, 0.4) is 0 Å². The molecule has 0 fully saturated rings. The smallest absolute Gasteiger partial charge is 0.160 e. The predicted molar refractivity (Wildman–Crippen MR) is 259 cm³/mol. The first-order valence-corrected chi connectivity index (χ1v) is 21.7. The molecule has 0 bridgehead atoms. The minimum atomic E-state index is 0.678. The molecule has 5 heteroatoms. The largest absolute Gasteiger partial charge is 0.231 e. The number of benzene rings is 8. The highest BCUT2D eigenvalue weighted by Crippen LogP contribution is 2.42. The molecule has 0 aliphatic heterocycles. The van der Waals surface area contributed by atoms with E-state index in [1.807, 2.05) is 17.4 Å². The molecular weight excluding hydrogens is 773 g/mol. The Labute approximate surface area is 362 Å². The summed E-state index contributed by atoms with van der Waals surface area (Å²) in [5.41, 5.74) is 14.4. The van der Waals surface area contributed by atoms with Crippen LogP contribution in [0.2, 0.25) is 0 Å². The molecule has 0 amide bonds. The second-order valence-electron chi connectivity index (χ2n) is 15.6. The van der Waals surface area contributed by atoms with Gasteiger partial charge in [0.25, 0.3) is 0 Å². The van der Waals surface area contributed by atoms with Crippen molar-refractivity contribution in [2.24, 2.45) is 0 Å². The quantitative estimate of drug-likeness (QED) is 0.161. The van der Waals surface area contributed by atoms with Crippen LogP contribution in [0.15, 0.2) is 218 Å². The lowest BCUT2D eigenvalue weighted by Gasteiger charge is -2.13. The van der Waals surface area contributed by atoms with E-state index in [4.69, 9.17) is 15.1 Å². The van der Waals surface area contributed by atoms with E-state index in [-0.39, 0.29) is 0 Å². The van der Waals surface area contributed by atoms with Gasteiger partial charge in [0.15, 0.2) is 5.82 Å². The fraction of sp³-hybridized carbons (Fsp3) is 0. The van der Waals surface area contributed by atoms with E-state index in [2.05, 4.69) is 217 Å². The van der Waals surface area contributed by atoms with Crippen molar-refractivity contribution < 1.29 is 0 Å². The average Bonchev–Trinajstić information content (AvgIpc) is 3.94. The Hall–Kier alpha value is -7.99. The molecule has 62 heavy (non-hydrogen) atoms. The second kappa shape index (κ2) is 14.9. The normalized spacial score (nSPS) is 11.5. The highest BCUT2D eigenvalue weighted by atomic mass is 32.1. The Balaban J connectivity index is 1.02. The van der Waals surface area contributed by atoms with E-state index in [9.17, 15) is 0 Å². The van der Waals surface area contributed by atoms with Crippen molar-refractivity contribution in [1.82, 2.24) is 19.6 Å². The van der Waals surface area contributed by atoms with Crippen molar-refractivity contribution in [1.29, 1.82) is 0 Å². The molecule has 0 atom stereocenters. The molecule has 12 rings (SSSR count). The summed E-state index contributed by atoms with van der Waals surface area (Å²) in [5, 5.41) is 10.4. The molecule has 0 spiro atoms. The predicted octanol–water partition coefficient (Wildman–Crippen LogP) is 15.3. The minimum absolute atomic E-state index is 0.678. The van der Waals surface area contributed by atoms with Gasteiger partial charge in [0.1, 0.15) is 5.69 Å². The monoisotopic (exact) mass is 808 g/mol. The van der Waals surface area contributed by atoms with Crippen LogP contribution >= 0.6 is 11.3 Å². The van der Waals surface area contributed by atoms with Gasteiger partial charge >= 0.3 is 0 Å². The molecule has 0 aliphatic rings. The Kier molecular flexibility index (Phi) is 8.65. The number of hydrogen-bond donors (Lipinski definition) is 0. The van der Waals surface area contributed by atoms with E-state index in [0.29, 0.717) is 5.82 Å². The summed E-state index contributed by atoms with van der Waals surface area (Å²) in [5.74, 6) is 0.678. The van der Waals surface area contributed by atoms with Crippen molar-refractivity contribution in [3.63, 3.8) is 0 Å². The van der Waals surface area contributed by atoms with Crippen molar-refractivity contribution in [2.75, 3.05) is 0 Å². The molecule has 290 valence electrons. The fourth-order valence-corrected chi connectivity index (χ4v) is 9.98. The van der Waals surface area contributed by atoms with Crippen LogP contribution in [0.25, 0.3) is 115 Å². The first-order chi connectivity index (χ1) is 30.7. The van der Waals surface area contributed by atoms with Crippen LogP contribution < -0.4 is 0 Å². The Morgan fingerprint density at radius 2 is 0.919 bits per heavy atom. The fourth-order valence-electron chi connectivity index (χ4n) is 8.83. The van der Waals surface area contributed by atoms with Crippen LogP contribution in [0.4, 0.5) is 0 Å². The topological polar surface area (TPSA) is 43.1 Å². The Morgan fingerprint density at radius 1 is 0.355 bits per heavy atom. The number of aromatic nitrogens is 4. The van der Waals surface area contributed by atoms with Gasteiger partial charge in [-0.15, -0.1) is 11.3 Å². The molecule has 0 radical (unpaired) electrons. The van der Waals surface area contributed by atoms with E-state index in [1.54, 1.807) is 0 Å². The SMILES string of the molecule is c1ccc(-c2cc(-c3cccc(-c4cc5ccccc5c5c(-c6ccccc6)c(-c6ccccc6)nn45)c3)nc(-c3cccc(-c4ccc5c(c4)sc4ccccc45)c3)n2)cc1. The van der Waals surface area contributed by atoms with Crippen LogP contribution in [0.1, 0.15) is 0 Å². The Morgan fingerprint density at radius 3 is 1.71 bits per heavy atom. The summed E-state index contributed by atoms with van der Waals surface area (Å²) in [6.07, 6.45) is 0. The summed E-state index contributed by atoms with van der Waals surface area (Å²) in [4.78, 5) is 10.5. The van der Waals surface area contributed by atoms with Gasteiger partial charge in [-0.1, -0.05) is 182 Å². The average molecular weight is 809 g/mol. The molecule has 4 aromatic heterocycles. The summed E-state index contributed by atoms with van der Waals surface area (Å²) in [7, 11) is 0. The Bertz CT molecular complexity index is 3630. The van der Waals surface area contributed by atoms with Crippen LogP contribution in [0.5, 0.6) is 0 Å². The maximum absolute atomic E-state index is 5.45. The number of fused-ring (bicyclic) bond motifs is 6. The standard InChI is InChI=1S/C57H36N4S/c1-4-16-37(17-5-1)49-36-50(59-57(58-49)45-26-14-23-40(32-45)41-30-31-48-47-28-12-13-29-52(47)62-53(48)35-41)43-24-15-25-44(33-43)51-34-42-22-10-11-27-46(42)56-54(38-18-6-2-7-19-38)55(60-61(51)56)39-20-8-3-9-21-39/h1-36H. The molecule has 4 nitrogen and oxygen atoms in total. The first-order valence-electron chi connectivity index (χ1n) is 20.8. The minimum Gasteiger partial charge on any atom is -0.231 e. The van der Waals surface area contributed by atoms with Gasteiger partial charge < -0.3 is 0 Å². The van der Waals surface area contributed by atoms with Gasteiger partial charge in [-0.05, 0) is 58.5 Å². The van der Waals surface area contributed by atoms with Crippen LogP contribution in [-0.2, 0) is 0 Å². The lowest BCUT2D eigenvalue weighted by atomic mass is 9.96. The van der Waals surface area contributed by atoms with Gasteiger partial charge in [0.2, 0.25) is 0 Å². The lowest BCUT2D eigenvalue weighted by Crippen LogP contribution is -1.98. The van der Waals surface area contributed by atoms with E-state index >= 15 is 0 Å². The van der Waals surface area contributed by atoms with Gasteiger partial charge in [0, 0.05) is 58.9 Å². The number of pyridine rings is 1.